The van der Waals surface area contributed by atoms with Crippen LogP contribution in [-0.4, -0.2) is 24.9 Å². The number of aromatic nitrogens is 5. The van der Waals surface area contributed by atoms with E-state index in [0.717, 1.165) is 11.3 Å². The summed E-state index contributed by atoms with van der Waals surface area (Å²) in [5.74, 6) is 0.805. The second-order valence-electron chi connectivity index (χ2n) is 5.11. The van der Waals surface area contributed by atoms with E-state index in [0.29, 0.717) is 16.7 Å². The van der Waals surface area contributed by atoms with Gasteiger partial charge in [-0.3, -0.25) is 0 Å². The van der Waals surface area contributed by atoms with Crippen molar-refractivity contribution in [2.75, 3.05) is 0 Å². The smallest absolute Gasteiger partial charge is 0.336 e. The molecule has 0 fully saturated rings. The van der Waals surface area contributed by atoms with Gasteiger partial charge in [0.2, 0.25) is 5.82 Å². The maximum atomic E-state index is 5.87. The second-order valence-corrected chi connectivity index (χ2v) is 5.55. The SMILES string of the molecule is Clc1ccc(-c2noc(COc3ncn(-c4ccccc4)n3)n2)cc1. The lowest BCUT2D eigenvalue weighted by Gasteiger charge is -1.98. The normalized spacial score (nSPS) is 10.8. The van der Waals surface area contributed by atoms with Crippen molar-refractivity contribution in [2.45, 2.75) is 6.61 Å². The van der Waals surface area contributed by atoms with Gasteiger partial charge < -0.3 is 9.26 Å². The van der Waals surface area contributed by atoms with Crippen molar-refractivity contribution in [2.24, 2.45) is 0 Å². The molecule has 2 aromatic carbocycles. The summed E-state index contributed by atoms with van der Waals surface area (Å²) in [4.78, 5) is 8.39. The highest BCUT2D eigenvalue weighted by molar-refractivity contribution is 6.30. The van der Waals surface area contributed by atoms with E-state index in [1.807, 2.05) is 42.5 Å². The van der Waals surface area contributed by atoms with E-state index in [1.54, 1.807) is 23.1 Å². The summed E-state index contributed by atoms with van der Waals surface area (Å²) < 4.78 is 12.3. The second kappa shape index (κ2) is 6.74. The Kier molecular flexibility index (Phi) is 4.14. The summed E-state index contributed by atoms with van der Waals surface area (Å²) in [7, 11) is 0. The number of hydrogen-bond acceptors (Lipinski definition) is 6. The lowest BCUT2D eigenvalue weighted by Crippen LogP contribution is -1.99. The third-order valence-electron chi connectivity index (χ3n) is 3.39. The third-order valence-corrected chi connectivity index (χ3v) is 3.64. The van der Waals surface area contributed by atoms with Crippen LogP contribution in [0.5, 0.6) is 6.01 Å². The minimum Gasteiger partial charge on any atom is -0.452 e. The molecule has 8 heteroatoms. The Bertz CT molecular complexity index is 966. The highest BCUT2D eigenvalue weighted by Gasteiger charge is 2.11. The summed E-state index contributed by atoms with van der Waals surface area (Å²) >= 11 is 5.87. The average Bonchev–Trinajstić information content (AvgIpc) is 3.31. The van der Waals surface area contributed by atoms with E-state index in [2.05, 4.69) is 20.2 Å². The van der Waals surface area contributed by atoms with Gasteiger partial charge in [0.1, 0.15) is 6.33 Å². The lowest BCUT2D eigenvalue weighted by atomic mass is 10.2. The summed E-state index contributed by atoms with van der Waals surface area (Å²) in [5, 5.41) is 8.82. The van der Waals surface area contributed by atoms with Crippen molar-refractivity contribution in [3.8, 4) is 23.1 Å². The van der Waals surface area contributed by atoms with Gasteiger partial charge in [-0.1, -0.05) is 35.0 Å². The summed E-state index contributed by atoms with van der Waals surface area (Å²) in [6, 6.07) is 17.0. The van der Waals surface area contributed by atoms with Gasteiger partial charge in [0.15, 0.2) is 6.61 Å². The average molecular weight is 354 g/mol. The molecule has 0 aliphatic heterocycles. The van der Waals surface area contributed by atoms with Crippen molar-refractivity contribution in [3.05, 3.63) is 71.8 Å². The van der Waals surface area contributed by atoms with Crippen molar-refractivity contribution in [3.63, 3.8) is 0 Å². The summed E-state index contributed by atoms with van der Waals surface area (Å²) in [6.45, 7) is 0.0827. The molecule has 0 aliphatic rings. The van der Waals surface area contributed by atoms with E-state index in [1.165, 1.54) is 0 Å². The zero-order chi connectivity index (χ0) is 17.1. The maximum absolute atomic E-state index is 5.87. The Morgan fingerprint density at radius 3 is 2.64 bits per heavy atom. The van der Waals surface area contributed by atoms with E-state index in [-0.39, 0.29) is 12.6 Å². The van der Waals surface area contributed by atoms with E-state index >= 15 is 0 Å². The van der Waals surface area contributed by atoms with Gasteiger partial charge >= 0.3 is 6.01 Å². The first-order valence-electron chi connectivity index (χ1n) is 7.46. The van der Waals surface area contributed by atoms with Gasteiger partial charge in [0.25, 0.3) is 5.89 Å². The molecule has 0 unspecified atom stereocenters. The topological polar surface area (TPSA) is 78.9 Å². The standard InChI is InChI=1S/C17H12ClN5O2/c18-13-8-6-12(7-9-13)16-20-15(25-22-16)10-24-17-19-11-23(21-17)14-4-2-1-3-5-14/h1-9,11H,10H2. The zero-order valence-corrected chi connectivity index (χ0v) is 13.7. The van der Waals surface area contributed by atoms with E-state index in [4.69, 9.17) is 20.9 Å². The molecular weight excluding hydrogens is 342 g/mol. The number of hydrogen-bond donors (Lipinski definition) is 0. The molecule has 4 aromatic rings. The number of rotatable bonds is 5. The first kappa shape index (κ1) is 15.3. The van der Waals surface area contributed by atoms with Crippen LogP contribution in [0.15, 0.2) is 65.4 Å². The molecule has 0 atom stereocenters. The zero-order valence-electron chi connectivity index (χ0n) is 12.9. The van der Waals surface area contributed by atoms with Gasteiger partial charge in [0, 0.05) is 10.6 Å². The number of para-hydroxylation sites is 1. The van der Waals surface area contributed by atoms with Crippen LogP contribution in [0.3, 0.4) is 0 Å². The largest absolute Gasteiger partial charge is 0.452 e. The molecule has 0 bridgehead atoms. The van der Waals surface area contributed by atoms with Crippen LogP contribution in [0.4, 0.5) is 0 Å². The molecule has 124 valence electrons. The Morgan fingerprint density at radius 1 is 1.04 bits per heavy atom. The first-order valence-corrected chi connectivity index (χ1v) is 7.84. The molecule has 0 radical (unpaired) electrons. The minimum absolute atomic E-state index is 0.0827. The molecule has 2 heterocycles. The Balaban J connectivity index is 1.42. The molecule has 0 saturated heterocycles. The minimum atomic E-state index is 0.0827. The van der Waals surface area contributed by atoms with Gasteiger partial charge in [-0.05, 0) is 36.4 Å². The van der Waals surface area contributed by atoms with Gasteiger partial charge in [-0.2, -0.15) is 9.97 Å². The van der Waals surface area contributed by atoms with Gasteiger partial charge in [-0.15, -0.1) is 5.10 Å². The fourth-order valence-electron chi connectivity index (χ4n) is 2.18. The molecular formula is C17H12ClN5O2. The van der Waals surface area contributed by atoms with Crippen LogP contribution in [0.25, 0.3) is 17.1 Å². The first-order chi connectivity index (χ1) is 12.3. The number of nitrogens with zero attached hydrogens (tertiary/aromatic N) is 5. The number of halogens is 1. The highest BCUT2D eigenvalue weighted by Crippen LogP contribution is 2.19. The van der Waals surface area contributed by atoms with E-state index < -0.39 is 0 Å². The molecule has 0 saturated carbocycles. The molecule has 7 nitrogen and oxygen atoms in total. The monoisotopic (exact) mass is 353 g/mol. The Morgan fingerprint density at radius 2 is 1.84 bits per heavy atom. The van der Waals surface area contributed by atoms with Crippen molar-refractivity contribution in [1.82, 2.24) is 24.9 Å². The lowest BCUT2D eigenvalue weighted by molar-refractivity contribution is 0.227. The maximum Gasteiger partial charge on any atom is 0.336 e. The highest BCUT2D eigenvalue weighted by atomic mass is 35.5. The fraction of sp³-hybridized carbons (Fsp3) is 0.0588. The van der Waals surface area contributed by atoms with E-state index in [9.17, 15) is 0 Å². The number of ether oxygens (including phenoxy) is 1. The molecule has 0 amide bonds. The van der Waals surface area contributed by atoms with Gasteiger partial charge in [-0.25, -0.2) is 4.68 Å². The summed E-state index contributed by atoms with van der Waals surface area (Å²) in [5.41, 5.74) is 1.71. The van der Waals surface area contributed by atoms with Crippen LogP contribution >= 0.6 is 11.6 Å². The van der Waals surface area contributed by atoms with Crippen molar-refractivity contribution < 1.29 is 9.26 Å². The predicted octanol–water partition coefficient (Wildman–Crippen LogP) is 3.55. The molecule has 0 aliphatic carbocycles. The fourth-order valence-corrected chi connectivity index (χ4v) is 2.30. The molecule has 0 N–H and O–H groups in total. The Labute approximate surface area is 147 Å². The number of benzene rings is 2. The molecule has 4 rings (SSSR count). The van der Waals surface area contributed by atoms with Crippen LogP contribution in [0, 0.1) is 0 Å². The predicted molar refractivity (Wildman–Crippen MR) is 90.4 cm³/mol. The van der Waals surface area contributed by atoms with Crippen LogP contribution < -0.4 is 4.74 Å². The quantitative estimate of drug-likeness (QED) is 0.546. The van der Waals surface area contributed by atoms with Crippen molar-refractivity contribution >= 4 is 11.6 Å². The third kappa shape index (κ3) is 3.51. The van der Waals surface area contributed by atoms with Crippen molar-refractivity contribution in [1.29, 1.82) is 0 Å². The Hall–Kier alpha value is -3.19. The van der Waals surface area contributed by atoms with Crippen LogP contribution in [-0.2, 0) is 6.61 Å². The molecule has 25 heavy (non-hydrogen) atoms. The van der Waals surface area contributed by atoms with Crippen LogP contribution in [0.2, 0.25) is 5.02 Å². The summed E-state index contributed by atoms with van der Waals surface area (Å²) in [6.07, 6.45) is 1.58. The molecule has 0 spiro atoms. The molecule has 2 aromatic heterocycles. The van der Waals surface area contributed by atoms with Gasteiger partial charge in [0.05, 0.1) is 5.69 Å². The van der Waals surface area contributed by atoms with Crippen LogP contribution in [0.1, 0.15) is 5.89 Å².